The van der Waals surface area contributed by atoms with Crippen molar-refractivity contribution < 1.29 is 8.42 Å². The van der Waals surface area contributed by atoms with Crippen molar-refractivity contribution in [1.82, 2.24) is 14.6 Å². The first kappa shape index (κ1) is 13.8. The number of sulfonamides is 1. The molecule has 5 nitrogen and oxygen atoms in total. The monoisotopic (exact) mass is 309 g/mol. The quantitative estimate of drug-likeness (QED) is 0.808. The topological polar surface area (TPSA) is 63.1 Å². The van der Waals surface area contributed by atoms with Crippen LogP contribution in [0.3, 0.4) is 0 Å². The molecule has 1 heterocycles. The number of rotatable bonds is 7. The molecule has 1 aromatic heterocycles. The van der Waals surface area contributed by atoms with Gasteiger partial charge in [-0.2, -0.15) is 0 Å². The summed E-state index contributed by atoms with van der Waals surface area (Å²) >= 11 is 0. The van der Waals surface area contributed by atoms with Gasteiger partial charge in [0.15, 0.2) is 0 Å². The smallest absolute Gasteiger partial charge is 0.242 e. The molecule has 0 unspecified atom stereocenters. The van der Waals surface area contributed by atoms with Crippen LogP contribution in [-0.2, 0) is 16.6 Å². The molecule has 4 rings (SSSR count). The summed E-state index contributed by atoms with van der Waals surface area (Å²) in [7, 11) is -3.35. The first-order valence-corrected chi connectivity index (χ1v) is 9.56. The van der Waals surface area contributed by atoms with Gasteiger partial charge in [0.05, 0.1) is 4.90 Å². The third-order valence-electron chi connectivity index (χ3n) is 4.73. The maximum atomic E-state index is 12.4. The fraction of sp³-hybridized carbons (Fsp3) is 0.733. The molecule has 0 aliphatic heterocycles. The van der Waals surface area contributed by atoms with Crippen molar-refractivity contribution in [3.63, 3.8) is 0 Å². The Bertz CT molecular complexity index is 625. The average Bonchev–Trinajstić information content (AvgIpc) is 3.31. The zero-order chi connectivity index (χ0) is 14.4. The molecular formula is C15H23N3O2S. The molecule has 3 fully saturated rings. The van der Waals surface area contributed by atoms with Crippen molar-refractivity contribution in [2.45, 2.75) is 74.5 Å². The van der Waals surface area contributed by atoms with Gasteiger partial charge in [-0.15, -0.1) is 0 Å². The molecule has 0 aromatic carbocycles. The summed E-state index contributed by atoms with van der Waals surface area (Å²) in [5, 5.41) is 3.49. The van der Waals surface area contributed by atoms with Crippen LogP contribution in [0, 0.1) is 0 Å². The summed E-state index contributed by atoms with van der Waals surface area (Å²) in [6.45, 7) is 0.778. The van der Waals surface area contributed by atoms with Gasteiger partial charge < -0.3 is 9.88 Å². The Morgan fingerprint density at radius 1 is 1.10 bits per heavy atom. The molecule has 0 saturated heterocycles. The van der Waals surface area contributed by atoms with Crippen molar-refractivity contribution in [3.8, 4) is 0 Å². The predicted molar refractivity (Wildman–Crippen MR) is 80.5 cm³/mol. The molecule has 3 aliphatic carbocycles. The minimum atomic E-state index is -3.35. The van der Waals surface area contributed by atoms with Gasteiger partial charge in [-0.05, 0) is 44.6 Å². The second kappa shape index (κ2) is 5.11. The summed E-state index contributed by atoms with van der Waals surface area (Å²) in [6.07, 6.45) is 9.74. The fourth-order valence-corrected chi connectivity index (χ4v) is 4.18. The van der Waals surface area contributed by atoms with Crippen LogP contribution in [0.25, 0.3) is 0 Å². The minimum absolute atomic E-state index is 0.146. The van der Waals surface area contributed by atoms with E-state index in [1.54, 1.807) is 0 Å². The summed E-state index contributed by atoms with van der Waals surface area (Å²) in [5.74, 6) is 0. The minimum Gasteiger partial charge on any atom is -0.346 e. The van der Waals surface area contributed by atoms with E-state index in [0.29, 0.717) is 17.0 Å². The number of hydrogen-bond donors (Lipinski definition) is 2. The fourth-order valence-electron chi connectivity index (χ4n) is 2.83. The number of nitrogens with zero attached hydrogens (tertiary/aromatic N) is 1. The third kappa shape index (κ3) is 3.03. The van der Waals surface area contributed by atoms with Crippen LogP contribution in [0.15, 0.2) is 17.2 Å². The highest BCUT2D eigenvalue weighted by atomic mass is 32.2. The van der Waals surface area contributed by atoms with Gasteiger partial charge in [0, 0.05) is 36.6 Å². The molecule has 0 spiro atoms. The SMILES string of the molecule is O=S(=O)(NC1CCC1)c1cc(CNC2CC2)n(C2CC2)c1. The highest BCUT2D eigenvalue weighted by Crippen LogP contribution is 2.37. The first-order valence-electron chi connectivity index (χ1n) is 8.08. The summed E-state index contributed by atoms with van der Waals surface area (Å²) < 4.78 is 29.9. The van der Waals surface area contributed by atoms with E-state index in [9.17, 15) is 8.42 Å². The normalized spacial score (nSPS) is 23.2. The van der Waals surface area contributed by atoms with Gasteiger partial charge in [-0.3, -0.25) is 0 Å². The lowest BCUT2D eigenvalue weighted by atomic mass is 9.94. The predicted octanol–water partition coefficient (Wildman–Crippen LogP) is 1.91. The highest BCUT2D eigenvalue weighted by Gasteiger charge is 2.31. The molecule has 3 saturated carbocycles. The molecule has 2 N–H and O–H groups in total. The zero-order valence-corrected chi connectivity index (χ0v) is 13.0. The lowest BCUT2D eigenvalue weighted by Gasteiger charge is -2.25. The average molecular weight is 309 g/mol. The molecule has 3 aliphatic rings. The van der Waals surface area contributed by atoms with Gasteiger partial charge in [0.25, 0.3) is 0 Å². The van der Waals surface area contributed by atoms with E-state index in [1.807, 2.05) is 12.3 Å². The van der Waals surface area contributed by atoms with Crippen LogP contribution in [-0.4, -0.2) is 25.1 Å². The van der Waals surface area contributed by atoms with E-state index < -0.39 is 10.0 Å². The Morgan fingerprint density at radius 2 is 1.86 bits per heavy atom. The van der Waals surface area contributed by atoms with Gasteiger partial charge >= 0.3 is 0 Å². The summed E-state index contributed by atoms with van der Waals surface area (Å²) in [5.41, 5.74) is 1.11. The first-order chi connectivity index (χ1) is 10.1. The molecule has 116 valence electrons. The van der Waals surface area contributed by atoms with Crippen LogP contribution in [0.2, 0.25) is 0 Å². The Morgan fingerprint density at radius 3 is 2.43 bits per heavy atom. The maximum Gasteiger partial charge on any atom is 0.242 e. The Labute approximate surface area is 126 Å². The van der Waals surface area contributed by atoms with E-state index in [-0.39, 0.29) is 6.04 Å². The third-order valence-corrected chi connectivity index (χ3v) is 6.22. The van der Waals surface area contributed by atoms with E-state index in [2.05, 4.69) is 14.6 Å². The van der Waals surface area contributed by atoms with Crippen LogP contribution in [0.5, 0.6) is 0 Å². The van der Waals surface area contributed by atoms with E-state index in [4.69, 9.17) is 0 Å². The highest BCUT2D eigenvalue weighted by molar-refractivity contribution is 7.89. The molecule has 0 radical (unpaired) electrons. The van der Waals surface area contributed by atoms with E-state index in [0.717, 1.165) is 31.5 Å². The van der Waals surface area contributed by atoms with Crippen LogP contribution >= 0.6 is 0 Å². The Balaban J connectivity index is 1.54. The zero-order valence-electron chi connectivity index (χ0n) is 12.2. The second-order valence-corrected chi connectivity index (χ2v) is 8.42. The molecule has 0 amide bonds. The lowest BCUT2D eigenvalue weighted by molar-refractivity contribution is 0.383. The molecular weight excluding hydrogens is 286 g/mol. The van der Waals surface area contributed by atoms with Crippen LogP contribution in [0.4, 0.5) is 0 Å². The van der Waals surface area contributed by atoms with Crippen LogP contribution in [0.1, 0.15) is 56.7 Å². The van der Waals surface area contributed by atoms with Gasteiger partial charge in [-0.25, -0.2) is 13.1 Å². The number of hydrogen-bond acceptors (Lipinski definition) is 3. The lowest BCUT2D eigenvalue weighted by Crippen LogP contribution is -2.39. The molecule has 21 heavy (non-hydrogen) atoms. The largest absolute Gasteiger partial charge is 0.346 e. The van der Waals surface area contributed by atoms with Crippen molar-refractivity contribution >= 4 is 10.0 Å². The molecule has 0 bridgehead atoms. The van der Waals surface area contributed by atoms with Gasteiger partial charge in [0.2, 0.25) is 10.0 Å². The summed E-state index contributed by atoms with van der Waals surface area (Å²) in [6, 6.07) is 3.15. The Kier molecular flexibility index (Phi) is 3.35. The number of nitrogens with one attached hydrogen (secondary N) is 2. The Hall–Kier alpha value is -0.850. The standard InChI is InChI=1S/C15H23N3O2S/c19-21(20,17-12-2-1-3-12)15-8-14(9-16-11-4-5-11)18(10-15)13-6-7-13/h8,10-13,16-17H,1-7,9H2. The van der Waals surface area contributed by atoms with E-state index in [1.165, 1.54) is 25.7 Å². The summed E-state index contributed by atoms with van der Waals surface area (Å²) in [4.78, 5) is 0.439. The number of aromatic nitrogens is 1. The maximum absolute atomic E-state index is 12.4. The molecule has 1 aromatic rings. The van der Waals surface area contributed by atoms with Gasteiger partial charge in [0.1, 0.15) is 0 Å². The molecule has 0 atom stereocenters. The van der Waals surface area contributed by atoms with Crippen molar-refractivity contribution in [3.05, 3.63) is 18.0 Å². The van der Waals surface area contributed by atoms with E-state index >= 15 is 0 Å². The van der Waals surface area contributed by atoms with Gasteiger partial charge in [-0.1, -0.05) is 6.42 Å². The van der Waals surface area contributed by atoms with Crippen molar-refractivity contribution in [2.24, 2.45) is 0 Å². The van der Waals surface area contributed by atoms with Crippen LogP contribution < -0.4 is 10.0 Å². The molecule has 6 heteroatoms. The van der Waals surface area contributed by atoms with Crippen molar-refractivity contribution in [2.75, 3.05) is 0 Å². The van der Waals surface area contributed by atoms with Crippen molar-refractivity contribution in [1.29, 1.82) is 0 Å². The second-order valence-electron chi connectivity index (χ2n) is 6.71.